The van der Waals surface area contributed by atoms with Crippen molar-refractivity contribution in [1.29, 1.82) is 0 Å². The summed E-state index contributed by atoms with van der Waals surface area (Å²) in [5.41, 5.74) is 0.367. The zero-order valence-corrected chi connectivity index (χ0v) is 14.4. The van der Waals surface area contributed by atoms with Crippen molar-refractivity contribution >= 4 is 5.91 Å². The van der Waals surface area contributed by atoms with Gasteiger partial charge in [-0.05, 0) is 74.5 Å². The molecular weight excluding hydrogens is 300 g/mol. The molecule has 0 aromatic carbocycles. The molecule has 24 heavy (non-hydrogen) atoms. The molecule has 1 amide bonds. The predicted molar refractivity (Wildman–Crippen MR) is 90.1 cm³/mol. The van der Waals surface area contributed by atoms with Crippen LogP contribution in [0.3, 0.4) is 0 Å². The van der Waals surface area contributed by atoms with E-state index in [4.69, 9.17) is 0 Å². The number of carbonyl (C=O) groups excluding carboxylic acids is 1. The lowest BCUT2D eigenvalue weighted by Gasteiger charge is -2.57. The number of amides is 1. The lowest BCUT2D eigenvalue weighted by molar-refractivity contribution is -0.140. The van der Waals surface area contributed by atoms with E-state index in [1.54, 1.807) is 12.4 Å². The van der Waals surface area contributed by atoms with E-state index in [0.717, 1.165) is 50.1 Å². The van der Waals surface area contributed by atoms with Gasteiger partial charge in [-0.2, -0.15) is 15.0 Å². The maximum atomic E-state index is 13.0. The molecule has 1 saturated heterocycles. The Morgan fingerprint density at radius 3 is 2.04 bits per heavy atom. The van der Waals surface area contributed by atoms with Crippen molar-refractivity contribution < 1.29 is 4.79 Å². The molecule has 1 aromatic heterocycles. The van der Waals surface area contributed by atoms with Crippen LogP contribution in [0, 0.1) is 23.2 Å². The van der Waals surface area contributed by atoms with Crippen molar-refractivity contribution in [3.05, 3.63) is 12.4 Å². The average Bonchev–Trinajstić information content (AvgIpc) is 3.07. The molecule has 5 nitrogen and oxygen atoms in total. The van der Waals surface area contributed by atoms with Crippen LogP contribution in [0.1, 0.15) is 63.8 Å². The standard InChI is InChI=1S/C19H28N4O/c24-18(22-5-1-17(2-6-22)23-20-3-4-21-23)13-19-10-14-7-15(11-19)9-16(8-14)12-19/h3-4,14-17H,1-2,5-13H2. The highest BCUT2D eigenvalue weighted by Gasteiger charge is 2.51. The van der Waals surface area contributed by atoms with Crippen LogP contribution in [-0.4, -0.2) is 38.9 Å². The Morgan fingerprint density at radius 1 is 0.958 bits per heavy atom. The van der Waals surface area contributed by atoms with Gasteiger partial charge in [0.25, 0.3) is 0 Å². The van der Waals surface area contributed by atoms with Crippen molar-refractivity contribution in [1.82, 2.24) is 19.9 Å². The molecule has 2 heterocycles. The molecule has 0 N–H and O–H groups in total. The summed E-state index contributed by atoms with van der Waals surface area (Å²) in [4.78, 5) is 16.9. The molecule has 0 unspecified atom stereocenters. The molecule has 6 rings (SSSR count). The Labute approximate surface area is 143 Å². The first kappa shape index (κ1) is 14.9. The van der Waals surface area contributed by atoms with Crippen LogP contribution in [0.2, 0.25) is 0 Å². The largest absolute Gasteiger partial charge is 0.343 e. The van der Waals surface area contributed by atoms with E-state index in [9.17, 15) is 4.79 Å². The lowest BCUT2D eigenvalue weighted by Crippen LogP contribution is -2.49. The molecule has 4 bridgehead atoms. The van der Waals surface area contributed by atoms with Gasteiger partial charge < -0.3 is 4.90 Å². The van der Waals surface area contributed by atoms with Gasteiger partial charge >= 0.3 is 0 Å². The molecule has 1 aromatic rings. The summed E-state index contributed by atoms with van der Waals surface area (Å²) in [6, 6.07) is 0.364. The van der Waals surface area contributed by atoms with E-state index in [2.05, 4.69) is 15.1 Å². The maximum absolute atomic E-state index is 13.0. The highest BCUT2D eigenvalue weighted by Crippen LogP contribution is 2.61. The van der Waals surface area contributed by atoms with E-state index in [1.165, 1.54) is 38.5 Å². The topological polar surface area (TPSA) is 51.0 Å². The first-order valence-electron chi connectivity index (χ1n) is 9.83. The first-order valence-corrected chi connectivity index (χ1v) is 9.83. The number of carbonyl (C=O) groups is 1. The van der Waals surface area contributed by atoms with Crippen molar-refractivity contribution in [2.45, 2.75) is 63.8 Å². The summed E-state index contributed by atoms with van der Waals surface area (Å²) < 4.78 is 0. The number of piperidine rings is 1. The lowest BCUT2D eigenvalue weighted by atomic mass is 9.49. The number of likely N-dealkylation sites (tertiary alicyclic amines) is 1. The fourth-order valence-electron chi connectivity index (χ4n) is 6.70. The van der Waals surface area contributed by atoms with E-state index in [0.29, 0.717) is 17.4 Å². The summed E-state index contributed by atoms with van der Waals surface area (Å²) in [6.07, 6.45) is 14.6. The van der Waals surface area contributed by atoms with Crippen LogP contribution in [0.25, 0.3) is 0 Å². The van der Waals surface area contributed by atoms with Crippen LogP contribution in [0.5, 0.6) is 0 Å². The number of hydrogen-bond acceptors (Lipinski definition) is 3. The molecule has 0 radical (unpaired) electrons. The van der Waals surface area contributed by atoms with E-state index in [-0.39, 0.29) is 0 Å². The second-order valence-corrected chi connectivity index (χ2v) is 9.06. The summed E-state index contributed by atoms with van der Waals surface area (Å²) in [5.74, 6) is 3.21. The normalized spacial score (nSPS) is 38.7. The highest BCUT2D eigenvalue weighted by atomic mass is 16.2. The van der Waals surface area contributed by atoms with Gasteiger partial charge in [0.1, 0.15) is 0 Å². The zero-order valence-electron chi connectivity index (χ0n) is 14.4. The molecule has 0 spiro atoms. The highest BCUT2D eigenvalue weighted by molar-refractivity contribution is 5.77. The molecule has 5 aliphatic rings. The second-order valence-electron chi connectivity index (χ2n) is 9.06. The minimum Gasteiger partial charge on any atom is -0.343 e. The van der Waals surface area contributed by atoms with E-state index >= 15 is 0 Å². The quantitative estimate of drug-likeness (QED) is 0.857. The third-order valence-corrected chi connectivity index (χ3v) is 7.27. The van der Waals surface area contributed by atoms with Crippen molar-refractivity contribution in [2.75, 3.05) is 13.1 Å². The van der Waals surface area contributed by atoms with Crippen LogP contribution in [0.15, 0.2) is 12.4 Å². The van der Waals surface area contributed by atoms with Gasteiger partial charge in [-0.25, -0.2) is 0 Å². The predicted octanol–water partition coefficient (Wildman–Crippen LogP) is 3.05. The summed E-state index contributed by atoms with van der Waals surface area (Å²) >= 11 is 0. The average molecular weight is 328 g/mol. The third kappa shape index (κ3) is 2.56. The Bertz CT molecular complexity index is 568. The van der Waals surface area contributed by atoms with Gasteiger partial charge in [-0.3, -0.25) is 4.79 Å². The fraction of sp³-hybridized carbons (Fsp3) is 0.842. The monoisotopic (exact) mass is 328 g/mol. The van der Waals surface area contributed by atoms with Crippen molar-refractivity contribution in [3.8, 4) is 0 Å². The molecular formula is C19H28N4O. The third-order valence-electron chi connectivity index (χ3n) is 7.27. The SMILES string of the molecule is O=C(CC12CC3CC(CC(C3)C1)C2)N1CCC(n2nccn2)CC1. The van der Waals surface area contributed by atoms with Gasteiger partial charge in [-0.1, -0.05) is 0 Å². The molecule has 4 saturated carbocycles. The Balaban J connectivity index is 1.21. The van der Waals surface area contributed by atoms with Gasteiger partial charge in [0.2, 0.25) is 5.91 Å². The number of rotatable bonds is 3. The fourth-order valence-corrected chi connectivity index (χ4v) is 6.70. The summed E-state index contributed by atoms with van der Waals surface area (Å²) in [7, 11) is 0. The maximum Gasteiger partial charge on any atom is 0.223 e. The van der Waals surface area contributed by atoms with Crippen LogP contribution in [0.4, 0.5) is 0 Å². The van der Waals surface area contributed by atoms with Crippen LogP contribution < -0.4 is 0 Å². The Hall–Kier alpha value is -1.39. The van der Waals surface area contributed by atoms with E-state index in [1.807, 2.05) is 4.80 Å². The summed E-state index contributed by atoms with van der Waals surface area (Å²) in [5, 5.41) is 8.52. The summed E-state index contributed by atoms with van der Waals surface area (Å²) in [6.45, 7) is 1.74. The van der Waals surface area contributed by atoms with Gasteiger partial charge in [0, 0.05) is 19.5 Å². The number of hydrogen-bond donors (Lipinski definition) is 0. The molecule has 4 aliphatic carbocycles. The minimum absolute atomic E-state index is 0.364. The number of nitrogens with zero attached hydrogens (tertiary/aromatic N) is 4. The van der Waals surface area contributed by atoms with Gasteiger partial charge in [0.05, 0.1) is 18.4 Å². The van der Waals surface area contributed by atoms with Crippen molar-refractivity contribution in [2.24, 2.45) is 23.2 Å². The smallest absolute Gasteiger partial charge is 0.223 e. The minimum atomic E-state index is 0.364. The van der Waals surface area contributed by atoms with E-state index < -0.39 is 0 Å². The van der Waals surface area contributed by atoms with Gasteiger partial charge in [0.15, 0.2) is 0 Å². The Morgan fingerprint density at radius 2 is 1.50 bits per heavy atom. The molecule has 1 aliphatic heterocycles. The molecule has 0 atom stereocenters. The van der Waals surface area contributed by atoms with Crippen molar-refractivity contribution in [3.63, 3.8) is 0 Å². The molecule has 5 fully saturated rings. The first-order chi connectivity index (χ1) is 11.7. The number of aromatic nitrogens is 3. The van der Waals surface area contributed by atoms with Crippen LogP contribution in [-0.2, 0) is 4.79 Å². The zero-order chi connectivity index (χ0) is 16.1. The van der Waals surface area contributed by atoms with Crippen LogP contribution >= 0.6 is 0 Å². The molecule has 130 valence electrons. The Kier molecular flexibility index (Phi) is 3.46. The second kappa shape index (κ2) is 5.57. The molecule has 5 heteroatoms. The van der Waals surface area contributed by atoms with Gasteiger partial charge in [-0.15, -0.1) is 0 Å².